The van der Waals surface area contributed by atoms with Crippen molar-refractivity contribution in [2.24, 2.45) is 4.99 Å². The molecule has 124 valence electrons. The molecule has 6 heteroatoms. The number of rotatable bonds is 3. The second-order valence-corrected chi connectivity index (χ2v) is 5.72. The van der Waals surface area contributed by atoms with E-state index >= 15 is 0 Å². The molecule has 2 aromatic carbocycles. The second-order valence-electron chi connectivity index (χ2n) is 5.72. The number of hydrogen-bond donors (Lipinski definition) is 2. The van der Waals surface area contributed by atoms with Crippen molar-refractivity contribution in [3.63, 3.8) is 0 Å². The largest absolute Gasteiger partial charge is 0.493 e. The maximum absolute atomic E-state index is 13.8. The van der Waals surface area contributed by atoms with Crippen LogP contribution in [-0.2, 0) is 6.54 Å². The maximum Gasteiger partial charge on any atom is 0.329 e. The molecule has 4 rings (SSSR count). The lowest BCUT2D eigenvalue weighted by atomic mass is 10.1. The molecule has 0 bridgehead atoms. The summed E-state index contributed by atoms with van der Waals surface area (Å²) in [7, 11) is 0. The Morgan fingerprint density at radius 3 is 2.88 bits per heavy atom. The first-order valence-corrected chi connectivity index (χ1v) is 7.74. The monoisotopic (exact) mass is 335 g/mol. The Morgan fingerprint density at radius 2 is 2.04 bits per heavy atom. The lowest BCUT2D eigenvalue weighted by Crippen LogP contribution is -2.25. The molecule has 2 heterocycles. The number of nitrogens with one attached hydrogen (secondary N) is 1. The third-order valence-corrected chi connectivity index (χ3v) is 4.13. The fourth-order valence-electron chi connectivity index (χ4n) is 2.85. The van der Waals surface area contributed by atoms with Crippen molar-refractivity contribution in [3.05, 3.63) is 92.4 Å². The third-order valence-electron chi connectivity index (χ3n) is 4.13. The third kappa shape index (κ3) is 2.67. The number of aromatic nitrogens is 2. The highest BCUT2D eigenvalue weighted by atomic mass is 19.1. The van der Waals surface area contributed by atoms with Gasteiger partial charge in [-0.2, -0.15) is 0 Å². The first-order valence-electron chi connectivity index (χ1n) is 7.74. The van der Waals surface area contributed by atoms with Crippen LogP contribution in [0, 0.1) is 5.82 Å². The zero-order valence-corrected chi connectivity index (χ0v) is 13.1. The van der Waals surface area contributed by atoms with E-state index in [2.05, 4.69) is 9.98 Å². The van der Waals surface area contributed by atoms with Crippen LogP contribution in [0.5, 0.6) is 5.88 Å². The van der Waals surface area contributed by atoms with Gasteiger partial charge in [0.2, 0.25) is 5.88 Å². The molecule has 0 atom stereocenters. The van der Waals surface area contributed by atoms with Crippen LogP contribution in [0.4, 0.5) is 4.39 Å². The van der Waals surface area contributed by atoms with E-state index < -0.39 is 11.5 Å². The zero-order valence-electron chi connectivity index (χ0n) is 13.1. The number of fused-ring (bicyclic) bond motifs is 1. The van der Waals surface area contributed by atoms with Crippen LogP contribution in [0.1, 0.15) is 16.8 Å². The van der Waals surface area contributed by atoms with E-state index in [9.17, 15) is 14.3 Å². The van der Waals surface area contributed by atoms with Gasteiger partial charge in [-0.25, -0.2) is 9.18 Å². The molecule has 0 aliphatic carbocycles. The average Bonchev–Trinajstić information content (AvgIpc) is 3.18. The Kier molecular flexibility index (Phi) is 3.57. The normalized spacial score (nSPS) is 13.1. The summed E-state index contributed by atoms with van der Waals surface area (Å²) in [6, 6.07) is 11.8. The fourth-order valence-corrected chi connectivity index (χ4v) is 2.85. The Balaban J connectivity index is 1.80. The van der Waals surface area contributed by atoms with E-state index in [0.717, 1.165) is 20.7 Å². The molecule has 0 saturated heterocycles. The maximum atomic E-state index is 13.8. The van der Waals surface area contributed by atoms with Crippen LogP contribution < -0.4 is 16.3 Å². The van der Waals surface area contributed by atoms with E-state index in [4.69, 9.17) is 0 Å². The lowest BCUT2D eigenvalue weighted by Gasteiger charge is -2.04. The minimum atomic E-state index is -0.505. The van der Waals surface area contributed by atoms with E-state index in [1.54, 1.807) is 30.5 Å². The first kappa shape index (κ1) is 15.1. The zero-order chi connectivity index (χ0) is 17.4. The Morgan fingerprint density at radius 1 is 1.20 bits per heavy atom. The predicted molar refractivity (Wildman–Crippen MR) is 92.0 cm³/mol. The van der Waals surface area contributed by atoms with Gasteiger partial charge < -0.3 is 10.1 Å². The average molecular weight is 335 g/mol. The van der Waals surface area contributed by atoms with Crippen molar-refractivity contribution in [1.82, 2.24) is 9.55 Å². The molecule has 0 unspecified atom stereocenters. The molecule has 1 aliphatic heterocycles. The van der Waals surface area contributed by atoms with Crippen molar-refractivity contribution in [2.75, 3.05) is 0 Å². The molecule has 0 spiro atoms. The van der Waals surface area contributed by atoms with Gasteiger partial charge in [-0.05, 0) is 18.2 Å². The highest BCUT2D eigenvalue weighted by molar-refractivity contribution is 5.56. The van der Waals surface area contributed by atoms with Crippen LogP contribution in [0.25, 0.3) is 12.2 Å². The number of imidazole rings is 1. The van der Waals surface area contributed by atoms with Gasteiger partial charge in [-0.1, -0.05) is 36.4 Å². The molecule has 0 fully saturated rings. The Labute approximate surface area is 141 Å². The number of aromatic hydroxyl groups is 1. The van der Waals surface area contributed by atoms with Crippen LogP contribution >= 0.6 is 0 Å². The van der Waals surface area contributed by atoms with Crippen LogP contribution in [0.3, 0.4) is 0 Å². The molecule has 25 heavy (non-hydrogen) atoms. The molecule has 5 nitrogen and oxygen atoms in total. The quantitative estimate of drug-likeness (QED) is 0.762. The highest BCUT2D eigenvalue weighted by Crippen LogP contribution is 2.16. The van der Waals surface area contributed by atoms with Gasteiger partial charge in [0.15, 0.2) is 0 Å². The predicted octanol–water partition coefficient (Wildman–Crippen LogP) is 1.50. The molecule has 3 aromatic rings. The summed E-state index contributed by atoms with van der Waals surface area (Å²) < 4.78 is 14.9. The minimum Gasteiger partial charge on any atom is -0.493 e. The summed E-state index contributed by atoms with van der Waals surface area (Å²) in [5.74, 6) is -0.664. The van der Waals surface area contributed by atoms with Gasteiger partial charge >= 0.3 is 5.69 Å². The van der Waals surface area contributed by atoms with Crippen molar-refractivity contribution in [3.8, 4) is 5.88 Å². The van der Waals surface area contributed by atoms with E-state index in [1.807, 2.05) is 24.3 Å². The van der Waals surface area contributed by atoms with Gasteiger partial charge in [0.25, 0.3) is 0 Å². The number of aromatic amines is 1. The number of benzene rings is 2. The van der Waals surface area contributed by atoms with E-state index in [-0.39, 0.29) is 18.1 Å². The summed E-state index contributed by atoms with van der Waals surface area (Å²) >= 11 is 0. The van der Waals surface area contributed by atoms with Gasteiger partial charge in [0.05, 0.1) is 11.9 Å². The standard InChI is InChI=1S/C19H14FN3O2/c20-15-7-2-1-4-14(15)11-23-18(24)16(22-19(23)25)10-13-6-3-5-12-8-9-21-17(12)13/h1-10,24H,11H2,(H,22,25). The fraction of sp³-hybridized carbons (Fsp3) is 0.0526. The summed E-state index contributed by atoms with van der Waals surface area (Å²) in [6.45, 7) is -0.0551. The minimum absolute atomic E-state index is 0.0551. The molecular weight excluding hydrogens is 321 g/mol. The molecular formula is C19H14FN3O2. The smallest absolute Gasteiger partial charge is 0.329 e. The Bertz CT molecular complexity index is 1170. The molecule has 0 radical (unpaired) electrons. The Hall–Kier alpha value is -3.41. The summed E-state index contributed by atoms with van der Waals surface area (Å²) in [5.41, 5.74) is 1.05. The number of para-hydroxylation sites is 1. The number of hydrogen-bond acceptors (Lipinski definition) is 3. The van der Waals surface area contributed by atoms with Gasteiger partial charge in [0, 0.05) is 22.5 Å². The summed E-state index contributed by atoms with van der Waals surface area (Å²) in [6.07, 6.45) is 5.25. The van der Waals surface area contributed by atoms with Crippen LogP contribution in [-0.4, -0.2) is 14.7 Å². The molecule has 2 N–H and O–H groups in total. The first-order chi connectivity index (χ1) is 12.1. The second kappa shape index (κ2) is 5.90. The topological polar surface area (TPSA) is 70.4 Å². The van der Waals surface area contributed by atoms with E-state index in [0.29, 0.717) is 5.56 Å². The molecule has 1 aliphatic rings. The molecule has 0 amide bonds. The number of H-pyrrole nitrogens is 1. The van der Waals surface area contributed by atoms with Crippen molar-refractivity contribution in [1.29, 1.82) is 0 Å². The number of halogens is 1. The van der Waals surface area contributed by atoms with Crippen LogP contribution in [0.2, 0.25) is 0 Å². The SMILES string of the molecule is O=c1[nH]c(C=c2cccc3c2=NC=C3)c(O)n1Cc1ccccc1F. The summed E-state index contributed by atoms with van der Waals surface area (Å²) in [4.78, 5) is 19.1. The van der Waals surface area contributed by atoms with Crippen molar-refractivity contribution in [2.45, 2.75) is 6.54 Å². The number of nitrogens with zero attached hydrogens (tertiary/aromatic N) is 2. The van der Waals surface area contributed by atoms with Gasteiger partial charge in [-0.15, -0.1) is 0 Å². The lowest BCUT2D eigenvalue weighted by molar-refractivity contribution is 0.418. The molecule has 0 saturated carbocycles. The van der Waals surface area contributed by atoms with Gasteiger partial charge in [0.1, 0.15) is 11.5 Å². The highest BCUT2D eigenvalue weighted by Gasteiger charge is 2.13. The van der Waals surface area contributed by atoms with Crippen molar-refractivity contribution < 1.29 is 9.50 Å². The van der Waals surface area contributed by atoms with Gasteiger partial charge in [-0.3, -0.25) is 9.56 Å². The van der Waals surface area contributed by atoms with Crippen molar-refractivity contribution >= 4 is 12.2 Å². The molecule has 1 aromatic heterocycles. The van der Waals surface area contributed by atoms with E-state index in [1.165, 1.54) is 6.07 Å². The van der Waals surface area contributed by atoms with Crippen LogP contribution in [0.15, 0.2) is 58.5 Å². The summed E-state index contributed by atoms with van der Waals surface area (Å²) in [5, 5.41) is 12.0.